The first-order valence-electron chi connectivity index (χ1n) is 7.38. The van der Waals surface area contributed by atoms with Gasteiger partial charge < -0.3 is 10.6 Å². The van der Waals surface area contributed by atoms with Crippen LogP contribution in [0.4, 0.5) is 11.4 Å². The van der Waals surface area contributed by atoms with Crippen LogP contribution in [0.1, 0.15) is 11.1 Å². The minimum atomic E-state index is -3.46. The highest BCUT2D eigenvalue weighted by Crippen LogP contribution is 2.30. The summed E-state index contributed by atoms with van der Waals surface area (Å²) in [5.41, 5.74) is 2.77. The van der Waals surface area contributed by atoms with Crippen LogP contribution in [0.15, 0.2) is 35.2 Å². The largest absolute Gasteiger partial charge is 0.376 e. The standard InChI is InChI=1S/C17H18ClIN2O3S/c1-10-8-12(19)4-6-14(10)21-16(22)9-20-15-7-5-13(18)17(11(15)2)25(3,23)24/h4-8,20H,9H2,1-3H3,(H,21,22). The molecule has 2 aromatic rings. The number of aryl methyl sites for hydroxylation is 1. The lowest BCUT2D eigenvalue weighted by Crippen LogP contribution is -2.22. The Kier molecular flexibility index (Phi) is 6.34. The number of hydrogen-bond acceptors (Lipinski definition) is 4. The molecule has 0 aromatic heterocycles. The number of rotatable bonds is 5. The molecule has 25 heavy (non-hydrogen) atoms. The molecule has 8 heteroatoms. The molecule has 0 fully saturated rings. The Morgan fingerprint density at radius 1 is 1.16 bits per heavy atom. The van der Waals surface area contributed by atoms with Gasteiger partial charge in [-0.25, -0.2) is 8.42 Å². The number of carbonyl (C=O) groups is 1. The molecule has 2 rings (SSSR count). The summed E-state index contributed by atoms with van der Waals surface area (Å²) in [4.78, 5) is 12.2. The molecule has 0 bridgehead atoms. The Morgan fingerprint density at radius 2 is 1.80 bits per heavy atom. The summed E-state index contributed by atoms with van der Waals surface area (Å²) < 4.78 is 24.9. The lowest BCUT2D eigenvalue weighted by Gasteiger charge is -2.14. The third kappa shape index (κ3) is 5.08. The molecule has 0 aliphatic heterocycles. The summed E-state index contributed by atoms with van der Waals surface area (Å²) in [5.74, 6) is -0.223. The summed E-state index contributed by atoms with van der Waals surface area (Å²) in [5, 5.41) is 5.97. The fraction of sp³-hybridized carbons (Fsp3) is 0.235. The lowest BCUT2D eigenvalue weighted by atomic mass is 10.2. The van der Waals surface area contributed by atoms with Crippen LogP contribution in [0.2, 0.25) is 5.02 Å². The van der Waals surface area contributed by atoms with Gasteiger partial charge in [0.25, 0.3) is 0 Å². The maximum Gasteiger partial charge on any atom is 0.243 e. The number of halogens is 2. The highest BCUT2D eigenvalue weighted by Gasteiger charge is 2.18. The molecule has 0 atom stereocenters. The van der Waals surface area contributed by atoms with E-state index < -0.39 is 9.84 Å². The maximum absolute atomic E-state index is 12.2. The molecule has 1 amide bonds. The van der Waals surface area contributed by atoms with E-state index in [9.17, 15) is 13.2 Å². The number of sulfone groups is 1. The van der Waals surface area contributed by atoms with Gasteiger partial charge in [-0.1, -0.05) is 11.6 Å². The van der Waals surface area contributed by atoms with Crippen molar-refractivity contribution in [2.45, 2.75) is 18.7 Å². The van der Waals surface area contributed by atoms with Gasteiger partial charge in [0.2, 0.25) is 5.91 Å². The van der Waals surface area contributed by atoms with E-state index in [0.717, 1.165) is 21.1 Å². The summed E-state index contributed by atoms with van der Waals surface area (Å²) in [6.45, 7) is 3.59. The maximum atomic E-state index is 12.2. The van der Waals surface area contributed by atoms with Crippen molar-refractivity contribution in [2.24, 2.45) is 0 Å². The number of hydrogen-bond donors (Lipinski definition) is 2. The predicted octanol–water partition coefficient (Wildman–Crippen LogP) is 4.02. The van der Waals surface area contributed by atoms with E-state index in [1.165, 1.54) is 6.07 Å². The Morgan fingerprint density at radius 3 is 2.40 bits per heavy atom. The van der Waals surface area contributed by atoms with Crippen molar-refractivity contribution in [3.8, 4) is 0 Å². The van der Waals surface area contributed by atoms with Crippen molar-refractivity contribution >= 4 is 61.3 Å². The van der Waals surface area contributed by atoms with E-state index in [1.54, 1.807) is 13.0 Å². The number of benzene rings is 2. The molecule has 0 radical (unpaired) electrons. The molecular formula is C17H18ClIN2O3S. The molecule has 2 aromatic carbocycles. The van der Waals surface area contributed by atoms with Crippen molar-refractivity contribution in [1.29, 1.82) is 0 Å². The van der Waals surface area contributed by atoms with E-state index >= 15 is 0 Å². The highest BCUT2D eigenvalue weighted by atomic mass is 127. The smallest absolute Gasteiger partial charge is 0.243 e. The van der Waals surface area contributed by atoms with Gasteiger partial charge in [0, 0.05) is 21.2 Å². The summed E-state index contributed by atoms with van der Waals surface area (Å²) in [6.07, 6.45) is 1.11. The quantitative estimate of drug-likeness (QED) is 0.619. The number of carbonyl (C=O) groups excluding carboxylic acids is 1. The minimum absolute atomic E-state index is 0.0110. The molecule has 0 saturated carbocycles. The fourth-order valence-corrected chi connectivity index (χ4v) is 4.80. The van der Waals surface area contributed by atoms with Crippen LogP contribution in [0.5, 0.6) is 0 Å². The van der Waals surface area contributed by atoms with Crippen LogP contribution in [-0.2, 0) is 14.6 Å². The van der Waals surface area contributed by atoms with Gasteiger partial charge in [-0.3, -0.25) is 4.79 Å². The first-order chi connectivity index (χ1) is 11.6. The molecule has 0 heterocycles. The van der Waals surface area contributed by atoms with Crippen LogP contribution in [0.25, 0.3) is 0 Å². The molecule has 0 spiro atoms. The monoisotopic (exact) mass is 492 g/mol. The predicted molar refractivity (Wildman–Crippen MR) is 110 cm³/mol. The van der Waals surface area contributed by atoms with Crippen LogP contribution in [0, 0.1) is 17.4 Å². The second kappa shape index (κ2) is 7.92. The molecule has 0 unspecified atom stereocenters. The molecular weight excluding hydrogens is 475 g/mol. The van der Waals surface area contributed by atoms with Gasteiger partial charge >= 0.3 is 0 Å². The van der Waals surface area contributed by atoms with Gasteiger partial charge in [0.05, 0.1) is 16.5 Å². The van der Waals surface area contributed by atoms with Crippen LogP contribution in [-0.4, -0.2) is 27.1 Å². The molecule has 134 valence electrons. The van der Waals surface area contributed by atoms with Crippen LogP contribution >= 0.6 is 34.2 Å². The zero-order chi connectivity index (χ0) is 18.8. The second-order valence-corrected chi connectivity index (χ2v) is 9.29. The number of amides is 1. The Bertz CT molecular complexity index is 930. The fourth-order valence-electron chi connectivity index (χ4n) is 2.44. The van der Waals surface area contributed by atoms with E-state index in [4.69, 9.17) is 11.6 Å². The van der Waals surface area contributed by atoms with Crippen LogP contribution < -0.4 is 10.6 Å². The van der Waals surface area contributed by atoms with E-state index in [1.807, 2.05) is 25.1 Å². The molecule has 0 aliphatic carbocycles. The zero-order valence-electron chi connectivity index (χ0n) is 14.0. The van der Waals surface area contributed by atoms with Gasteiger partial charge in [-0.05, 0) is 77.9 Å². The second-order valence-electron chi connectivity index (χ2n) is 5.68. The van der Waals surface area contributed by atoms with Crippen molar-refractivity contribution in [2.75, 3.05) is 23.4 Å². The molecule has 5 nitrogen and oxygen atoms in total. The van der Waals surface area contributed by atoms with Crippen molar-refractivity contribution in [3.05, 3.63) is 50.1 Å². The Hall–Kier alpha value is -1.32. The molecule has 0 saturated heterocycles. The first-order valence-corrected chi connectivity index (χ1v) is 10.7. The number of anilines is 2. The van der Waals surface area contributed by atoms with Crippen molar-refractivity contribution in [3.63, 3.8) is 0 Å². The van der Waals surface area contributed by atoms with Gasteiger partial charge in [0.15, 0.2) is 9.84 Å². The first kappa shape index (κ1) is 20.0. The average molecular weight is 493 g/mol. The van der Waals surface area contributed by atoms with Gasteiger partial charge in [0.1, 0.15) is 0 Å². The normalized spacial score (nSPS) is 11.2. The Labute approximate surface area is 166 Å². The molecule has 2 N–H and O–H groups in total. The van der Waals surface area contributed by atoms with Gasteiger partial charge in [-0.15, -0.1) is 0 Å². The Balaban J connectivity index is 2.12. The van der Waals surface area contributed by atoms with Crippen molar-refractivity contribution in [1.82, 2.24) is 0 Å². The topological polar surface area (TPSA) is 75.3 Å². The van der Waals surface area contributed by atoms with Crippen LogP contribution in [0.3, 0.4) is 0 Å². The highest BCUT2D eigenvalue weighted by molar-refractivity contribution is 14.1. The average Bonchev–Trinajstić information content (AvgIpc) is 2.48. The number of nitrogens with one attached hydrogen (secondary N) is 2. The van der Waals surface area contributed by atoms with E-state index in [0.29, 0.717) is 11.3 Å². The third-order valence-electron chi connectivity index (χ3n) is 3.63. The summed E-state index contributed by atoms with van der Waals surface area (Å²) in [7, 11) is -3.46. The van der Waals surface area contributed by atoms with Gasteiger partial charge in [-0.2, -0.15) is 0 Å². The minimum Gasteiger partial charge on any atom is -0.376 e. The third-order valence-corrected chi connectivity index (χ3v) is 6.00. The van der Waals surface area contributed by atoms with E-state index in [2.05, 4.69) is 33.2 Å². The summed E-state index contributed by atoms with van der Waals surface area (Å²) in [6, 6.07) is 8.91. The zero-order valence-corrected chi connectivity index (χ0v) is 17.7. The van der Waals surface area contributed by atoms with E-state index in [-0.39, 0.29) is 22.4 Å². The summed E-state index contributed by atoms with van der Waals surface area (Å²) >= 11 is 8.21. The van der Waals surface area contributed by atoms with Crippen molar-refractivity contribution < 1.29 is 13.2 Å². The molecule has 0 aliphatic rings. The SMILES string of the molecule is Cc1cc(I)ccc1NC(=O)CNc1ccc(Cl)c(S(C)(=O)=O)c1C. The lowest BCUT2D eigenvalue weighted by molar-refractivity contribution is -0.114.